The second-order valence-corrected chi connectivity index (χ2v) is 4.23. The zero-order valence-electron chi connectivity index (χ0n) is 24.6. The molecule has 215 valence electrons. The van der Waals surface area contributed by atoms with Crippen molar-refractivity contribution in [2.45, 2.75) is 180 Å². The van der Waals surface area contributed by atoms with Crippen molar-refractivity contribution in [2.24, 2.45) is 11.3 Å². The minimum atomic E-state index is 0. The summed E-state index contributed by atoms with van der Waals surface area (Å²) in [5.74, 6) is 0.838. The van der Waals surface area contributed by atoms with Gasteiger partial charge in [0.25, 0.3) is 0 Å². The van der Waals surface area contributed by atoms with Gasteiger partial charge in [-0.05, 0) is 30.6 Å². The molecule has 0 aromatic heterocycles. The lowest BCUT2D eigenvalue weighted by Gasteiger charge is -2.21. The quantitative estimate of drug-likeness (QED) is 0.369. The molecule has 1 aliphatic carbocycles. The van der Waals surface area contributed by atoms with E-state index in [2.05, 4.69) is 13.8 Å². The van der Waals surface area contributed by atoms with Gasteiger partial charge in [-0.2, -0.15) is 0 Å². The van der Waals surface area contributed by atoms with Crippen LogP contribution in [0.4, 0.5) is 0 Å². The van der Waals surface area contributed by atoms with E-state index in [-0.39, 0.29) is 39.5 Å². The molecule has 1 aliphatic rings. The molecule has 2 heteroatoms. The Bertz CT molecular complexity index is 136. The van der Waals surface area contributed by atoms with Crippen molar-refractivity contribution in [1.82, 2.24) is 0 Å². The van der Waals surface area contributed by atoms with Crippen LogP contribution in [0.3, 0.4) is 0 Å². The Kier molecular flexibility index (Phi) is 330. The fourth-order valence-corrected chi connectivity index (χ4v) is 2.15. The summed E-state index contributed by atoms with van der Waals surface area (Å²) in [5, 5.41) is 0. The van der Waals surface area contributed by atoms with Crippen LogP contribution in [0, 0.1) is 11.3 Å². The van der Waals surface area contributed by atoms with E-state index in [1.165, 1.54) is 25.7 Å². The lowest BCUT2D eigenvalue weighted by Crippen LogP contribution is -2.11. The first-order chi connectivity index (χ1) is 13.2. The van der Waals surface area contributed by atoms with E-state index in [4.69, 9.17) is 4.74 Å². The molecule has 1 fully saturated rings. The van der Waals surface area contributed by atoms with Crippen LogP contribution in [-0.2, 0) is 4.74 Å². The summed E-state index contributed by atoms with van der Waals surface area (Å²) in [7, 11) is 1.81. The van der Waals surface area contributed by atoms with E-state index in [1.54, 1.807) is 0 Å². The van der Waals surface area contributed by atoms with Crippen molar-refractivity contribution >= 4 is 8.41 Å². The molecule has 0 amide bonds. The summed E-state index contributed by atoms with van der Waals surface area (Å²) in [6, 6.07) is 0. The number of rotatable bonds is 3. The molecular formula is C30H86BO. The van der Waals surface area contributed by atoms with Gasteiger partial charge in [0.15, 0.2) is 0 Å². The van der Waals surface area contributed by atoms with Gasteiger partial charge in [-0.1, -0.05) is 161 Å². The number of hydrogen-bond donors (Lipinski definition) is 0. The maximum atomic E-state index is 5.16. The highest BCUT2D eigenvalue weighted by molar-refractivity contribution is 5.75. The van der Waals surface area contributed by atoms with Gasteiger partial charge in [0.1, 0.15) is 0 Å². The minimum absolute atomic E-state index is 0. The first-order valence-corrected chi connectivity index (χ1v) is 12.7. The molecule has 0 aromatic rings. The van der Waals surface area contributed by atoms with Crippen LogP contribution in [0.25, 0.3) is 0 Å². The molecule has 2 atom stereocenters. The Morgan fingerprint density at radius 2 is 0.906 bits per heavy atom. The van der Waals surface area contributed by atoms with Gasteiger partial charge < -0.3 is 4.74 Å². The highest BCUT2D eigenvalue weighted by Crippen LogP contribution is 2.43. The highest BCUT2D eigenvalue weighted by atomic mass is 16.5. The van der Waals surface area contributed by atoms with Crippen molar-refractivity contribution in [3.05, 3.63) is 0 Å². The molecule has 0 heterocycles. The van der Waals surface area contributed by atoms with E-state index < -0.39 is 0 Å². The minimum Gasteiger partial charge on any atom is -0.384 e. The molecule has 0 bridgehead atoms. The lowest BCUT2D eigenvalue weighted by molar-refractivity contribution is 0.147. The molecule has 0 aliphatic heterocycles. The van der Waals surface area contributed by atoms with Gasteiger partial charge in [0.05, 0.1) is 0 Å². The second kappa shape index (κ2) is 124. The fraction of sp³-hybridized carbons (Fsp3) is 1.00. The van der Waals surface area contributed by atoms with Crippen LogP contribution in [0.5, 0.6) is 0 Å². The lowest BCUT2D eigenvalue weighted by atomic mass is 9.85. The third-order valence-corrected chi connectivity index (χ3v) is 3.19. The van der Waals surface area contributed by atoms with E-state index in [1.807, 2.05) is 118 Å². The van der Waals surface area contributed by atoms with Crippen LogP contribution in [-0.4, -0.2) is 22.1 Å². The Hall–Kier alpha value is 0.0249. The zero-order valence-corrected chi connectivity index (χ0v) is 24.6. The molecule has 2 unspecified atom stereocenters. The van der Waals surface area contributed by atoms with Crippen LogP contribution in [0.2, 0.25) is 0 Å². The SMILES string of the molecule is C.C.C.C.CC.CC.CC.CC.CC.CC.CC.CC.CCC1(C)CCC(COC)C1.[2HH].[B]. The largest absolute Gasteiger partial charge is 0.384 e. The van der Waals surface area contributed by atoms with E-state index in [9.17, 15) is 0 Å². The zero-order chi connectivity index (χ0) is 24.3. The van der Waals surface area contributed by atoms with Crippen molar-refractivity contribution in [2.75, 3.05) is 13.7 Å². The van der Waals surface area contributed by atoms with Crippen LogP contribution in [0.1, 0.15) is 181 Å². The fourth-order valence-electron chi connectivity index (χ4n) is 2.15. The van der Waals surface area contributed by atoms with Gasteiger partial charge in [0.2, 0.25) is 0 Å². The van der Waals surface area contributed by atoms with Crippen molar-refractivity contribution < 1.29 is 6.16 Å². The van der Waals surface area contributed by atoms with Crippen molar-refractivity contribution in [1.29, 1.82) is 0 Å². The topological polar surface area (TPSA) is 9.23 Å². The van der Waals surface area contributed by atoms with E-state index in [0.717, 1.165) is 12.5 Å². The predicted molar refractivity (Wildman–Crippen MR) is 173 cm³/mol. The molecule has 0 N–H and O–H groups in total. The summed E-state index contributed by atoms with van der Waals surface area (Å²) in [6.07, 6.45) is 5.47. The summed E-state index contributed by atoms with van der Waals surface area (Å²) in [5.41, 5.74) is 0.628. The normalized spacial score (nSPS) is 14.5. The molecule has 0 spiro atoms. The van der Waals surface area contributed by atoms with Crippen LogP contribution < -0.4 is 0 Å². The van der Waals surface area contributed by atoms with E-state index in [0.29, 0.717) is 5.41 Å². The monoisotopic (exact) mass is 475 g/mol. The first kappa shape index (κ1) is 85.2. The molecular weight excluding hydrogens is 387 g/mol. The molecule has 0 saturated heterocycles. The van der Waals surface area contributed by atoms with Crippen molar-refractivity contribution in [3.8, 4) is 0 Å². The second-order valence-electron chi connectivity index (χ2n) is 4.23. The Morgan fingerprint density at radius 1 is 0.656 bits per heavy atom. The third kappa shape index (κ3) is 87.3. The smallest absolute Gasteiger partial charge is 0.0490 e. The Labute approximate surface area is 219 Å². The summed E-state index contributed by atoms with van der Waals surface area (Å²) in [6.45, 7) is 37.7. The molecule has 1 saturated carbocycles. The molecule has 32 heavy (non-hydrogen) atoms. The number of hydrogen-bond acceptors (Lipinski definition) is 1. The summed E-state index contributed by atoms with van der Waals surface area (Å²) >= 11 is 0. The Balaban J connectivity index is -0.0000000120. The van der Waals surface area contributed by atoms with Crippen molar-refractivity contribution in [3.63, 3.8) is 0 Å². The van der Waals surface area contributed by atoms with E-state index >= 15 is 0 Å². The average Bonchev–Trinajstić information content (AvgIpc) is 3.21. The summed E-state index contributed by atoms with van der Waals surface area (Å²) in [4.78, 5) is 0. The molecule has 1 rings (SSSR count). The Morgan fingerprint density at radius 3 is 1.06 bits per heavy atom. The molecule has 0 aromatic carbocycles. The maximum Gasteiger partial charge on any atom is 0.0490 e. The molecule has 3 radical (unpaired) electrons. The van der Waals surface area contributed by atoms with Crippen LogP contribution in [0.15, 0.2) is 0 Å². The van der Waals surface area contributed by atoms with Gasteiger partial charge >= 0.3 is 0 Å². The first-order valence-electron chi connectivity index (χ1n) is 12.7. The maximum absolute atomic E-state index is 5.16. The van der Waals surface area contributed by atoms with Gasteiger partial charge in [-0.25, -0.2) is 0 Å². The predicted octanol–water partition coefficient (Wildman–Crippen LogP) is 13.5. The molecule has 1 nitrogen and oxygen atoms in total. The highest BCUT2D eigenvalue weighted by Gasteiger charge is 2.32. The summed E-state index contributed by atoms with van der Waals surface area (Å²) < 4.78 is 5.16. The number of ether oxygens (including phenoxy) is 1. The third-order valence-electron chi connectivity index (χ3n) is 3.19. The number of methoxy groups -OCH3 is 1. The standard InChI is InChI=1S/C10H20O.8C2H6.4CH4.B.H2/c1-4-10(2)6-5-9(7-10)8-11-3;8*1-2;;;;;;/h9H,4-8H2,1-3H3;8*1-2H3;4*1H4;;1H/i;;;;;;;;;;;;;;1+1. The van der Waals surface area contributed by atoms with Gasteiger partial charge in [-0.3, -0.25) is 0 Å². The average molecular weight is 475 g/mol. The van der Waals surface area contributed by atoms with Gasteiger partial charge in [0, 0.05) is 23.6 Å². The van der Waals surface area contributed by atoms with Gasteiger partial charge in [-0.15, -0.1) is 0 Å². The van der Waals surface area contributed by atoms with Crippen LogP contribution >= 0.6 is 0 Å².